The number of carbonyl (C=O) groups is 1. The van der Waals surface area contributed by atoms with Gasteiger partial charge in [-0.1, -0.05) is 6.07 Å². The molecule has 0 amide bonds. The molecule has 1 aromatic carbocycles. The first-order chi connectivity index (χ1) is 13.7. The van der Waals surface area contributed by atoms with E-state index in [2.05, 4.69) is 6.07 Å². The molecular formula is C22H20N2O4. The van der Waals surface area contributed by atoms with Crippen LogP contribution in [0.4, 0.5) is 0 Å². The molecule has 4 rings (SSSR count). The zero-order valence-electron chi connectivity index (χ0n) is 15.3. The van der Waals surface area contributed by atoms with Crippen LogP contribution in [0.5, 0.6) is 5.75 Å². The van der Waals surface area contributed by atoms with Gasteiger partial charge in [0.05, 0.1) is 22.7 Å². The molecule has 1 aliphatic rings. The predicted molar refractivity (Wildman–Crippen MR) is 102 cm³/mol. The highest BCUT2D eigenvalue weighted by Gasteiger charge is 2.16. The number of nitrogens with zero attached hydrogens (tertiary/aromatic N) is 2. The Hall–Kier alpha value is -3.30. The summed E-state index contributed by atoms with van der Waals surface area (Å²) >= 11 is 0. The lowest BCUT2D eigenvalue weighted by molar-refractivity contribution is 0.0472. The third kappa shape index (κ3) is 3.85. The second kappa shape index (κ2) is 8.15. The summed E-state index contributed by atoms with van der Waals surface area (Å²) in [5.41, 5.74) is 2.43. The van der Waals surface area contributed by atoms with Crippen molar-refractivity contribution in [2.24, 2.45) is 0 Å². The van der Waals surface area contributed by atoms with Crippen LogP contribution in [0.2, 0.25) is 0 Å². The lowest BCUT2D eigenvalue weighted by Crippen LogP contribution is -2.16. The highest BCUT2D eigenvalue weighted by Crippen LogP contribution is 2.20. The fraction of sp³-hybridized carbons (Fsp3) is 0.273. The Balaban J connectivity index is 1.37. The standard InChI is InChI=1S/C22H20N2O4/c23-12-20-17(13-24-10-2-1-5-21(20)24)14-28-22(25)16-6-8-18(9-7-16)27-15-19-4-3-11-26-19/h1-2,5-10,13,19H,3-4,11,14-15H2. The van der Waals surface area contributed by atoms with Gasteiger partial charge >= 0.3 is 5.97 Å². The van der Waals surface area contributed by atoms with Gasteiger partial charge in [-0.25, -0.2) is 4.79 Å². The Bertz CT molecular complexity index is 1010. The van der Waals surface area contributed by atoms with Gasteiger partial charge in [-0.3, -0.25) is 0 Å². The average molecular weight is 376 g/mol. The number of esters is 1. The van der Waals surface area contributed by atoms with Crippen molar-refractivity contribution in [3.63, 3.8) is 0 Å². The predicted octanol–water partition coefficient (Wildman–Crippen LogP) is 3.73. The minimum Gasteiger partial charge on any atom is -0.491 e. The molecule has 142 valence electrons. The highest BCUT2D eigenvalue weighted by molar-refractivity contribution is 5.89. The quantitative estimate of drug-likeness (QED) is 0.613. The first kappa shape index (κ1) is 18.1. The van der Waals surface area contributed by atoms with E-state index >= 15 is 0 Å². The fourth-order valence-corrected chi connectivity index (χ4v) is 3.29. The van der Waals surface area contributed by atoms with Gasteiger partial charge in [0, 0.05) is 24.6 Å². The van der Waals surface area contributed by atoms with Crippen LogP contribution >= 0.6 is 0 Å². The Morgan fingerprint density at radius 2 is 2.11 bits per heavy atom. The van der Waals surface area contributed by atoms with Crippen molar-refractivity contribution in [2.45, 2.75) is 25.6 Å². The van der Waals surface area contributed by atoms with Gasteiger partial charge in [-0.2, -0.15) is 5.26 Å². The number of rotatable bonds is 6. The molecule has 0 spiro atoms. The van der Waals surface area contributed by atoms with Gasteiger partial charge in [0.25, 0.3) is 0 Å². The third-order valence-electron chi connectivity index (χ3n) is 4.78. The van der Waals surface area contributed by atoms with Crippen molar-refractivity contribution in [1.29, 1.82) is 5.26 Å². The molecule has 0 aliphatic carbocycles. The SMILES string of the molecule is N#Cc1c(COC(=O)c2ccc(OCC3CCCO3)cc2)cn2ccccc12. The number of ether oxygens (including phenoxy) is 3. The van der Waals surface area contributed by atoms with E-state index in [0.717, 1.165) is 25.0 Å². The number of pyridine rings is 1. The van der Waals surface area contributed by atoms with Crippen molar-refractivity contribution in [2.75, 3.05) is 13.2 Å². The number of fused-ring (bicyclic) bond motifs is 1. The second-order valence-corrected chi connectivity index (χ2v) is 6.68. The monoisotopic (exact) mass is 376 g/mol. The summed E-state index contributed by atoms with van der Waals surface area (Å²) in [6.07, 6.45) is 5.91. The third-order valence-corrected chi connectivity index (χ3v) is 4.78. The maximum Gasteiger partial charge on any atom is 0.338 e. The minimum absolute atomic E-state index is 0.0423. The van der Waals surface area contributed by atoms with Crippen LogP contribution in [0.3, 0.4) is 0 Å². The van der Waals surface area contributed by atoms with Crippen molar-refractivity contribution >= 4 is 11.5 Å². The van der Waals surface area contributed by atoms with Crippen molar-refractivity contribution in [3.05, 3.63) is 71.5 Å². The van der Waals surface area contributed by atoms with Crippen LogP contribution in [-0.2, 0) is 16.1 Å². The topological polar surface area (TPSA) is 73.0 Å². The van der Waals surface area contributed by atoms with Crippen LogP contribution in [0.1, 0.15) is 34.3 Å². The normalized spacial score (nSPS) is 16.0. The van der Waals surface area contributed by atoms with Crippen LogP contribution in [0, 0.1) is 11.3 Å². The molecule has 1 aliphatic heterocycles. The number of nitriles is 1. The zero-order valence-corrected chi connectivity index (χ0v) is 15.3. The summed E-state index contributed by atoms with van der Waals surface area (Å²) in [6.45, 7) is 1.35. The summed E-state index contributed by atoms with van der Waals surface area (Å²) in [5, 5.41) is 9.42. The molecule has 0 radical (unpaired) electrons. The second-order valence-electron chi connectivity index (χ2n) is 6.68. The van der Waals surface area contributed by atoms with Gasteiger partial charge in [-0.05, 0) is 49.2 Å². The Morgan fingerprint density at radius 3 is 2.86 bits per heavy atom. The van der Waals surface area contributed by atoms with Gasteiger partial charge < -0.3 is 18.6 Å². The maximum absolute atomic E-state index is 12.3. The molecule has 28 heavy (non-hydrogen) atoms. The molecule has 0 saturated carbocycles. The van der Waals surface area contributed by atoms with E-state index in [9.17, 15) is 10.1 Å². The fourth-order valence-electron chi connectivity index (χ4n) is 3.29. The molecule has 0 N–H and O–H groups in total. The number of carbonyl (C=O) groups excluding carboxylic acids is 1. The summed E-state index contributed by atoms with van der Waals surface area (Å²) in [6, 6.07) is 14.6. The van der Waals surface area contributed by atoms with Gasteiger partial charge in [-0.15, -0.1) is 0 Å². The van der Waals surface area contributed by atoms with Crippen LogP contribution in [-0.4, -0.2) is 29.7 Å². The summed E-state index contributed by atoms with van der Waals surface area (Å²) in [5.74, 6) is 0.252. The van der Waals surface area contributed by atoms with E-state index in [1.165, 1.54) is 0 Å². The first-order valence-corrected chi connectivity index (χ1v) is 9.25. The average Bonchev–Trinajstić information content (AvgIpc) is 3.38. The number of hydrogen-bond acceptors (Lipinski definition) is 5. The lowest BCUT2D eigenvalue weighted by atomic mass is 10.2. The van der Waals surface area contributed by atoms with Crippen molar-refractivity contribution in [3.8, 4) is 11.8 Å². The van der Waals surface area contributed by atoms with E-state index in [4.69, 9.17) is 14.2 Å². The van der Waals surface area contributed by atoms with Crippen molar-refractivity contribution in [1.82, 2.24) is 4.40 Å². The number of benzene rings is 1. The first-order valence-electron chi connectivity index (χ1n) is 9.25. The van der Waals surface area contributed by atoms with Crippen LogP contribution in [0.15, 0.2) is 54.9 Å². The van der Waals surface area contributed by atoms with Gasteiger partial charge in [0.1, 0.15) is 25.0 Å². The van der Waals surface area contributed by atoms with Crippen LogP contribution < -0.4 is 4.74 Å². The molecule has 1 atom stereocenters. The summed E-state index contributed by atoms with van der Waals surface area (Å²) in [4.78, 5) is 12.3. The molecule has 1 unspecified atom stereocenters. The molecule has 6 heteroatoms. The van der Waals surface area contributed by atoms with Gasteiger partial charge in [0.2, 0.25) is 0 Å². The molecule has 3 aromatic rings. The van der Waals surface area contributed by atoms with E-state index in [1.807, 2.05) is 35.0 Å². The molecule has 0 bridgehead atoms. The minimum atomic E-state index is -0.440. The molecule has 3 heterocycles. The maximum atomic E-state index is 12.3. The van der Waals surface area contributed by atoms with E-state index < -0.39 is 5.97 Å². The van der Waals surface area contributed by atoms with E-state index in [0.29, 0.717) is 29.0 Å². The molecule has 2 aromatic heterocycles. The van der Waals surface area contributed by atoms with Crippen LogP contribution in [0.25, 0.3) is 5.52 Å². The Labute approximate surface area is 162 Å². The molecular weight excluding hydrogens is 356 g/mol. The Kier molecular flexibility index (Phi) is 5.27. The number of aromatic nitrogens is 1. The number of hydrogen-bond donors (Lipinski definition) is 0. The Morgan fingerprint density at radius 1 is 1.25 bits per heavy atom. The zero-order chi connectivity index (χ0) is 19.3. The highest BCUT2D eigenvalue weighted by atomic mass is 16.5. The van der Waals surface area contributed by atoms with Gasteiger partial charge in [0.15, 0.2) is 0 Å². The van der Waals surface area contributed by atoms with E-state index in [1.54, 1.807) is 24.3 Å². The molecule has 1 fully saturated rings. The van der Waals surface area contributed by atoms with E-state index in [-0.39, 0.29) is 12.7 Å². The lowest BCUT2D eigenvalue weighted by Gasteiger charge is -2.11. The smallest absolute Gasteiger partial charge is 0.338 e. The summed E-state index contributed by atoms with van der Waals surface area (Å²) in [7, 11) is 0. The largest absolute Gasteiger partial charge is 0.491 e. The molecule has 6 nitrogen and oxygen atoms in total. The molecule has 1 saturated heterocycles. The summed E-state index contributed by atoms with van der Waals surface area (Å²) < 4.78 is 18.5. The van der Waals surface area contributed by atoms with Crippen molar-refractivity contribution < 1.29 is 19.0 Å².